The standard InChI is InChI=1S/C21H24F3N5O3S/c1-20(2,12-25)33-18-26-16-15(28(18)10-9-21(22,23)24)17(31)29(19(32)27(16)3)11-14(30)13-7-5-4-6-8-13/h4-8H,9-12,25H2,1-3H3. The van der Waals surface area contributed by atoms with E-state index in [1.165, 1.54) is 7.05 Å². The third kappa shape index (κ3) is 5.38. The number of alkyl halides is 3. The first-order valence-electron chi connectivity index (χ1n) is 10.1. The highest BCUT2D eigenvalue weighted by atomic mass is 32.2. The van der Waals surface area contributed by atoms with Gasteiger partial charge in [0.15, 0.2) is 22.1 Å². The molecule has 0 unspecified atom stereocenters. The van der Waals surface area contributed by atoms with Crippen molar-refractivity contribution in [1.82, 2.24) is 18.7 Å². The molecule has 0 spiro atoms. The number of benzene rings is 1. The Bertz CT molecular complexity index is 1290. The Kier molecular flexibility index (Phi) is 6.89. The van der Waals surface area contributed by atoms with E-state index in [4.69, 9.17) is 5.73 Å². The lowest BCUT2D eigenvalue weighted by Crippen LogP contribution is -2.41. The molecule has 8 nitrogen and oxygen atoms in total. The maximum absolute atomic E-state index is 13.3. The number of nitrogens with two attached hydrogens (primary N) is 1. The summed E-state index contributed by atoms with van der Waals surface area (Å²) in [6.45, 7) is 2.67. The van der Waals surface area contributed by atoms with Crippen molar-refractivity contribution < 1.29 is 18.0 Å². The highest BCUT2D eigenvalue weighted by Gasteiger charge is 2.31. The van der Waals surface area contributed by atoms with Gasteiger partial charge in [-0.2, -0.15) is 13.2 Å². The summed E-state index contributed by atoms with van der Waals surface area (Å²) >= 11 is 1.12. The molecule has 0 radical (unpaired) electrons. The molecule has 0 aliphatic rings. The number of hydrogen-bond donors (Lipinski definition) is 1. The van der Waals surface area contributed by atoms with E-state index in [1.54, 1.807) is 44.2 Å². The van der Waals surface area contributed by atoms with Gasteiger partial charge in [-0.3, -0.25) is 18.7 Å². The van der Waals surface area contributed by atoms with Gasteiger partial charge in [0.1, 0.15) is 0 Å². The second-order valence-electron chi connectivity index (χ2n) is 8.17. The summed E-state index contributed by atoms with van der Waals surface area (Å²) in [5.41, 5.74) is 4.19. The molecule has 2 aromatic heterocycles. The lowest BCUT2D eigenvalue weighted by atomic mass is 10.1. The molecule has 0 saturated heterocycles. The summed E-state index contributed by atoms with van der Waals surface area (Å²) in [7, 11) is 1.36. The van der Waals surface area contributed by atoms with E-state index < -0.39 is 47.5 Å². The molecule has 0 fully saturated rings. The second kappa shape index (κ2) is 9.18. The fraction of sp³-hybridized carbons (Fsp3) is 0.429. The Morgan fingerprint density at radius 3 is 2.33 bits per heavy atom. The van der Waals surface area contributed by atoms with Gasteiger partial charge in [0.2, 0.25) is 0 Å². The minimum absolute atomic E-state index is 0.0501. The first-order chi connectivity index (χ1) is 15.3. The van der Waals surface area contributed by atoms with Gasteiger partial charge in [0.05, 0.1) is 13.0 Å². The van der Waals surface area contributed by atoms with Gasteiger partial charge in [-0.1, -0.05) is 42.1 Å². The molecular weight excluding hydrogens is 459 g/mol. The quantitative estimate of drug-likeness (QED) is 0.390. The van der Waals surface area contributed by atoms with E-state index in [-0.39, 0.29) is 22.9 Å². The zero-order valence-electron chi connectivity index (χ0n) is 18.3. The number of halogens is 3. The molecule has 2 N–H and O–H groups in total. The van der Waals surface area contributed by atoms with E-state index in [2.05, 4.69) is 4.98 Å². The number of rotatable bonds is 8. The van der Waals surface area contributed by atoms with Crippen LogP contribution in [0.3, 0.4) is 0 Å². The van der Waals surface area contributed by atoms with Crippen molar-refractivity contribution in [3.05, 3.63) is 56.7 Å². The van der Waals surface area contributed by atoms with Gasteiger partial charge in [-0.05, 0) is 13.8 Å². The second-order valence-corrected chi connectivity index (χ2v) is 9.85. The summed E-state index contributed by atoms with van der Waals surface area (Å²) in [5, 5.41) is 0.143. The Balaban J connectivity index is 2.20. The van der Waals surface area contributed by atoms with Crippen LogP contribution in [-0.4, -0.2) is 41.9 Å². The zero-order chi connectivity index (χ0) is 24.6. The van der Waals surface area contributed by atoms with Crippen LogP contribution in [0, 0.1) is 0 Å². The highest BCUT2D eigenvalue weighted by molar-refractivity contribution is 8.00. The third-order valence-electron chi connectivity index (χ3n) is 5.07. The predicted octanol–water partition coefficient (Wildman–Crippen LogP) is 2.56. The van der Waals surface area contributed by atoms with Crippen molar-refractivity contribution in [2.75, 3.05) is 6.54 Å². The Labute approximate surface area is 191 Å². The third-order valence-corrected chi connectivity index (χ3v) is 6.29. The molecule has 0 aliphatic carbocycles. The lowest BCUT2D eigenvalue weighted by Gasteiger charge is -2.21. The van der Waals surface area contributed by atoms with Gasteiger partial charge in [0, 0.05) is 30.4 Å². The molecule has 33 heavy (non-hydrogen) atoms. The van der Waals surface area contributed by atoms with Crippen molar-refractivity contribution in [3.63, 3.8) is 0 Å². The molecule has 0 amide bonds. The summed E-state index contributed by atoms with van der Waals surface area (Å²) in [5.74, 6) is -0.477. The largest absolute Gasteiger partial charge is 0.390 e. The fourth-order valence-corrected chi connectivity index (χ4v) is 4.17. The maximum Gasteiger partial charge on any atom is 0.390 e. The number of imidazole rings is 1. The van der Waals surface area contributed by atoms with E-state index in [0.29, 0.717) is 5.56 Å². The smallest absolute Gasteiger partial charge is 0.329 e. The average molecular weight is 484 g/mol. The number of carbonyl (C=O) groups is 1. The lowest BCUT2D eigenvalue weighted by molar-refractivity contribution is -0.136. The van der Waals surface area contributed by atoms with Crippen molar-refractivity contribution in [2.45, 2.75) is 49.4 Å². The topological polar surface area (TPSA) is 105 Å². The Morgan fingerprint density at radius 1 is 1.12 bits per heavy atom. The van der Waals surface area contributed by atoms with Crippen LogP contribution in [0.5, 0.6) is 0 Å². The number of ketones is 1. The molecule has 0 atom stereocenters. The van der Waals surface area contributed by atoms with E-state index >= 15 is 0 Å². The molecule has 1 aromatic carbocycles. The Morgan fingerprint density at radius 2 is 1.76 bits per heavy atom. The number of hydrogen-bond acceptors (Lipinski definition) is 6. The van der Waals surface area contributed by atoms with Crippen LogP contribution >= 0.6 is 11.8 Å². The number of fused-ring (bicyclic) bond motifs is 1. The summed E-state index contributed by atoms with van der Waals surface area (Å²) in [4.78, 5) is 43.1. The van der Waals surface area contributed by atoms with Gasteiger partial charge < -0.3 is 10.3 Å². The summed E-state index contributed by atoms with van der Waals surface area (Å²) < 4.78 is 41.4. The number of nitrogens with zero attached hydrogens (tertiary/aromatic N) is 4. The van der Waals surface area contributed by atoms with Gasteiger partial charge in [0.25, 0.3) is 5.56 Å². The van der Waals surface area contributed by atoms with E-state index in [1.807, 2.05) is 0 Å². The van der Waals surface area contributed by atoms with Crippen molar-refractivity contribution >= 4 is 28.7 Å². The number of aryl methyl sites for hydroxylation is 2. The van der Waals surface area contributed by atoms with Crippen molar-refractivity contribution in [3.8, 4) is 0 Å². The monoisotopic (exact) mass is 483 g/mol. The van der Waals surface area contributed by atoms with Crippen LogP contribution < -0.4 is 17.0 Å². The van der Waals surface area contributed by atoms with Crippen LogP contribution in [-0.2, 0) is 20.1 Å². The summed E-state index contributed by atoms with van der Waals surface area (Å²) in [6.07, 6.45) is -5.66. The number of carbonyl (C=O) groups excluding carboxylic acids is 1. The molecule has 0 saturated carbocycles. The van der Waals surface area contributed by atoms with Crippen LogP contribution in [0.15, 0.2) is 45.1 Å². The summed E-state index contributed by atoms with van der Waals surface area (Å²) in [6, 6.07) is 8.11. The first-order valence-corrected chi connectivity index (χ1v) is 10.9. The minimum Gasteiger partial charge on any atom is -0.329 e. The van der Waals surface area contributed by atoms with Crippen molar-refractivity contribution in [1.29, 1.82) is 0 Å². The molecule has 178 valence electrons. The van der Waals surface area contributed by atoms with Crippen LogP contribution in [0.1, 0.15) is 30.6 Å². The van der Waals surface area contributed by atoms with Crippen LogP contribution in [0.25, 0.3) is 11.2 Å². The molecule has 0 aliphatic heterocycles. The molecule has 0 bridgehead atoms. The van der Waals surface area contributed by atoms with Crippen molar-refractivity contribution in [2.24, 2.45) is 12.8 Å². The number of aromatic nitrogens is 4. The molecule has 3 rings (SSSR count). The molecule has 12 heteroatoms. The minimum atomic E-state index is -4.47. The predicted molar refractivity (Wildman–Crippen MR) is 120 cm³/mol. The Hall–Kier alpha value is -2.86. The molecular formula is C21H24F3N5O3S. The average Bonchev–Trinajstić information content (AvgIpc) is 3.11. The maximum atomic E-state index is 13.3. The normalized spacial score (nSPS) is 12.5. The number of thioether (sulfide) groups is 1. The molecule has 2 heterocycles. The SMILES string of the molecule is Cn1c(=O)n(CC(=O)c2ccccc2)c(=O)c2c1nc(SC(C)(C)CN)n2CCC(F)(F)F. The van der Waals surface area contributed by atoms with Crippen LogP contribution in [0.2, 0.25) is 0 Å². The van der Waals surface area contributed by atoms with Crippen LogP contribution in [0.4, 0.5) is 13.2 Å². The van der Waals surface area contributed by atoms with Gasteiger partial charge >= 0.3 is 11.9 Å². The highest BCUT2D eigenvalue weighted by Crippen LogP contribution is 2.33. The van der Waals surface area contributed by atoms with E-state index in [0.717, 1.165) is 25.5 Å². The molecule has 3 aromatic rings. The van der Waals surface area contributed by atoms with Gasteiger partial charge in [-0.25, -0.2) is 9.78 Å². The fourth-order valence-electron chi connectivity index (χ4n) is 3.16. The van der Waals surface area contributed by atoms with E-state index in [9.17, 15) is 27.6 Å². The zero-order valence-corrected chi connectivity index (χ0v) is 19.2. The van der Waals surface area contributed by atoms with Gasteiger partial charge in [-0.15, -0.1) is 0 Å². The number of Topliss-reactive ketones (excluding diaryl/α,β-unsaturated/α-hetero) is 1. The first kappa shape index (κ1) is 24.8.